The van der Waals surface area contributed by atoms with Crippen LogP contribution in [0.25, 0.3) is 16.9 Å². The van der Waals surface area contributed by atoms with Crippen LogP contribution in [0.5, 0.6) is 0 Å². The monoisotopic (exact) mass is 409 g/mol. The maximum absolute atomic E-state index is 6.23. The molecule has 2 aromatic heterocycles. The molecule has 0 aliphatic rings. The third-order valence-corrected chi connectivity index (χ3v) is 12.3. The van der Waals surface area contributed by atoms with Crippen molar-refractivity contribution < 1.29 is 0 Å². The van der Waals surface area contributed by atoms with Gasteiger partial charge in [-0.1, -0.05) is 59.1 Å². The molecule has 0 aliphatic heterocycles. The third kappa shape index (κ3) is 3.62. The summed E-state index contributed by atoms with van der Waals surface area (Å²) in [5, 5.41) is 1.77. The fourth-order valence-corrected chi connectivity index (χ4v) is 9.90. The van der Waals surface area contributed by atoms with Crippen LogP contribution in [0.15, 0.2) is 42.7 Å². The van der Waals surface area contributed by atoms with Crippen molar-refractivity contribution in [2.75, 3.05) is 0 Å². The zero-order valence-corrected chi connectivity index (χ0v) is 19.2. The minimum atomic E-state index is -1.84. The minimum absolute atomic E-state index is 0.584. The highest BCUT2D eigenvalue weighted by Gasteiger charge is 2.41. The first-order valence-electron chi connectivity index (χ1n) is 9.89. The van der Waals surface area contributed by atoms with E-state index in [1.165, 1.54) is 0 Å². The van der Waals surface area contributed by atoms with Crippen LogP contribution in [-0.2, 0) is 0 Å². The maximum atomic E-state index is 6.23. The largest absolute Gasteiger partial charge is 0.271 e. The fourth-order valence-electron chi connectivity index (χ4n) is 4.51. The summed E-state index contributed by atoms with van der Waals surface area (Å²) < 4.78 is 2.04. The van der Waals surface area contributed by atoms with Crippen molar-refractivity contribution in [2.24, 2.45) is 0 Å². The molecule has 0 fully saturated rings. The van der Waals surface area contributed by atoms with Gasteiger partial charge in [0.2, 0.25) is 5.95 Å². The Morgan fingerprint density at radius 3 is 2.11 bits per heavy atom. The predicted octanol–water partition coefficient (Wildman–Crippen LogP) is 6.64. The molecule has 0 saturated heterocycles. The Bertz CT molecular complexity index is 1000. The van der Waals surface area contributed by atoms with E-state index < -0.39 is 8.07 Å². The predicted molar refractivity (Wildman–Crippen MR) is 122 cm³/mol. The van der Waals surface area contributed by atoms with Crippen molar-refractivity contribution in [1.82, 2.24) is 14.5 Å². The number of rotatable bonds is 4. The van der Waals surface area contributed by atoms with Crippen LogP contribution in [0, 0.1) is 11.5 Å². The summed E-state index contributed by atoms with van der Waals surface area (Å²) in [5.74, 6) is 4.19. The van der Waals surface area contributed by atoms with Gasteiger partial charge in [-0.2, -0.15) is 0 Å². The Hall–Kier alpha value is -2.09. The first kappa shape index (κ1) is 20.6. The topological polar surface area (TPSA) is 30.7 Å². The highest BCUT2D eigenvalue weighted by molar-refractivity contribution is 6.90. The molecule has 28 heavy (non-hydrogen) atoms. The lowest BCUT2D eigenvalue weighted by Crippen LogP contribution is -2.43. The summed E-state index contributed by atoms with van der Waals surface area (Å²) in [4.78, 5) is 8.93. The molecular weight excluding hydrogens is 382 g/mol. The first-order valence-corrected chi connectivity index (χ1v) is 12.5. The molecule has 0 N–H and O–H groups in total. The van der Waals surface area contributed by atoms with Crippen molar-refractivity contribution in [3.05, 3.63) is 53.4 Å². The summed E-state index contributed by atoms with van der Waals surface area (Å²) >= 11 is 6.23. The zero-order valence-electron chi connectivity index (χ0n) is 17.5. The lowest BCUT2D eigenvalue weighted by atomic mass is 10.2. The third-order valence-electron chi connectivity index (χ3n) is 5.79. The summed E-state index contributed by atoms with van der Waals surface area (Å²) in [6, 6.07) is 9.81. The van der Waals surface area contributed by atoms with Gasteiger partial charge in [0.15, 0.2) is 0 Å². The van der Waals surface area contributed by atoms with Crippen molar-refractivity contribution in [2.45, 2.75) is 58.2 Å². The Morgan fingerprint density at radius 2 is 1.54 bits per heavy atom. The Morgan fingerprint density at radius 1 is 0.929 bits per heavy atom. The molecule has 0 aliphatic carbocycles. The second kappa shape index (κ2) is 8.11. The number of benzene rings is 1. The molecule has 3 nitrogen and oxygen atoms in total. The van der Waals surface area contributed by atoms with Crippen LogP contribution in [0.2, 0.25) is 21.6 Å². The van der Waals surface area contributed by atoms with Gasteiger partial charge in [-0.15, -0.1) is 5.54 Å². The van der Waals surface area contributed by atoms with E-state index in [0.29, 0.717) is 27.6 Å². The lowest BCUT2D eigenvalue weighted by Gasteiger charge is -2.38. The van der Waals surface area contributed by atoms with Gasteiger partial charge in [0.05, 0.1) is 11.2 Å². The van der Waals surface area contributed by atoms with Gasteiger partial charge in [-0.25, -0.2) is 9.97 Å². The molecular formula is C23H28ClN3Si. The summed E-state index contributed by atoms with van der Waals surface area (Å²) in [7, 11) is -1.84. The number of halogens is 1. The van der Waals surface area contributed by atoms with Crippen LogP contribution in [0.1, 0.15) is 47.2 Å². The molecule has 0 radical (unpaired) electrons. The first-order chi connectivity index (χ1) is 13.3. The zero-order chi connectivity index (χ0) is 20.5. The number of hydrogen-bond donors (Lipinski definition) is 0. The smallest absolute Gasteiger partial charge is 0.235 e. The molecule has 2 heterocycles. The molecule has 1 aromatic carbocycles. The molecule has 146 valence electrons. The highest BCUT2D eigenvalue weighted by atomic mass is 35.5. The quantitative estimate of drug-likeness (QED) is 0.357. The van der Waals surface area contributed by atoms with Gasteiger partial charge in [0, 0.05) is 22.8 Å². The van der Waals surface area contributed by atoms with Crippen molar-refractivity contribution in [3.63, 3.8) is 0 Å². The van der Waals surface area contributed by atoms with E-state index in [0.717, 1.165) is 16.6 Å². The van der Waals surface area contributed by atoms with Crippen molar-refractivity contribution in [3.8, 4) is 17.4 Å². The van der Waals surface area contributed by atoms with Crippen LogP contribution in [-0.4, -0.2) is 22.6 Å². The van der Waals surface area contributed by atoms with Gasteiger partial charge in [-0.05, 0) is 47.0 Å². The number of nitrogens with zero attached hydrogens (tertiary/aromatic N) is 3. The standard InChI is InChI=1S/C23H28ClN3Si/c1-16(2)28(17(3)4,18(5)6)13-10-21-15-19-14-20(24)8-9-22(19)27(21)23-25-11-7-12-26-23/h7-9,11-12,14-18H,1-6H3. The second-order valence-electron chi connectivity index (χ2n) is 8.26. The van der Waals surface area contributed by atoms with E-state index in [1.54, 1.807) is 12.4 Å². The van der Waals surface area contributed by atoms with E-state index >= 15 is 0 Å². The average molecular weight is 410 g/mol. The van der Waals surface area contributed by atoms with Gasteiger partial charge in [-0.3, -0.25) is 4.57 Å². The lowest BCUT2D eigenvalue weighted by molar-refractivity contribution is 0.838. The van der Waals surface area contributed by atoms with Crippen molar-refractivity contribution in [1.29, 1.82) is 0 Å². The molecule has 0 bridgehead atoms. The number of hydrogen-bond acceptors (Lipinski definition) is 2. The molecule has 3 aromatic rings. The fraction of sp³-hybridized carbons (Fsp3) is 0.391. The molecule has 3 rings (SSSR count). The van der Waals surface area contributed by atoms with E-state index in [9.17, 15) is 0 Å². The highest BCUT2D eigenvalue weighted by Crippen LogP contribution is 2.41. The second-order valence-corrected chi connectivity index (χ2v) is 14.3. The van der Waals surface area contributed by atoms with E-state index in [-0.39, 0.29) is 0 Å². The maximum Gasteiger partial charge on any atom is 0.235 e. The summed E-state index contributed by atoms with van der Waals surface area (Å²) in [6.45, 7) is 14.0. The molecule has 0 unspecified atom stereocenters. The molecule has 0 spiro atoms. The van der Waals surface area contributed by atoms with E-state index in [4.69, 9.17) is 11.6 Å². The van der Waals surface area contributed by atoms with Crippen LogP contribution >= 0.6 is 11.6 Å². The van der Waals surface area contributed by atoms with Crippen LogP contribution < -0.4 is 0 Å². The Kier molecular flexibility index (Phi) is 5.97. The van der Waals surface area contributed by atoms with E-state index in [1.807, 2.05) is 28.8 Å². The van der Waals surface area contributed by atoms with Gasteiger partial charge in [0.1, 0.15) is 8.07 Å². The molecule has 0 atom stereocenters. The van der Waals surface area contributed by atoms with Crippen molar-refractivity contribution >= 4 is 30.6 Å². The Balaban J connectivity index is 2.26. The number of fused-ring (bicyclic) bond motifs is 1. The van der Waals surface area contributed by atoms with Gasteiger partial charge in [0.25, 0.3) is 0 Å². The molecule has 0 amide bonds. The van der Waals surface area contributed by atoms with Crippen LogP contribution in [0.3, 0.4) is 0 Å². The SMILES string of the molecule is CC(C)[Si](C#Cc1cc2cc(Cl)ccc2n1-c1ncccn1)(C(C)C)C(C)C. The van der Waals surface area contributed by atoms with Gasteiger partial charge < -0.3 is 0 Å². The minimum Gasteiger partial charge on any atom is -0.271 e. The van der Waals surface area contributed by atoms with E-state index in [2.05, 4.69) is 69.0 Å². The number of aromatic nitrogens is 3. The van der Waals surface area contributed by atoms with Crippen LogP contribution in [0.4, 0.5) is 0 Å². The normalized spacial score (nSPS) is 12.1. The molecule has 0 saturated carbocycles. The Labute approximate surface area is 174 Å². The summed E-state index contributed by atoms with van der Waals surface area (Å²) in [6.07, 6.45) is 3.52. The molecule has 5 heteroatoms. The average Bonchev–Trinajstić information content (AvgIpc) is 2.99. The summed E-state index contributed by atoms with van der Waals surface area (Å²) in [5.41, 5.74) is 7.50. The van der Waals surface area contributed by atoms with Gasteiger partial charge >= 0.3 is 0 Å².